The average molecular weight is 671 g/mol. The third-order valence-electron chi connectivity index (χ3n) is 10.5. The van der Waals surface area contributed by atoms with Crippen LogP contribution in [0.1, 0.15) is 42.0 Å². The highest BCUT2D eigenvalue weighted by molar-refractivity contribution is 7.22. The maximum absolute atomic E-state index is 14.9. The molecular weight excluding hydrogens is 640 g/mol. The normalized spacial score (nSPS) is 23.7. The first-order valence-electron chi connectivity index (χ1n) is 15.3. The summed E-state index contributed by atoms with van der Waals surface area (Å²) in [5.74, 6) is -2.06. The lowest BCUT2D eigenvalue weighted by Gasteiger charge is -2.47. The fourth-order valence-corrected chi connectivity index (χ4v) is 9.40. The van der Waals surface area contributed by atoms with E-state index in [1.54, 1.807) is 55.1 Å². The monoisotopic (exact) mass is 670 g/mol. The SMILES string of the molecule is Cc1cccc(C2C3=CCn4c(=O)n(C)c(=O)n4C3CC3C(=O)N(c4cc(-c5sc6ccc(Cl)cc6c5C)nn4C)C(=O)C32C)c1O. The molecule has 5 heterocycles. The number of allylic oxidation sites excluding steroid dienone is 2. The van der Waals surface area contributed by atoms with Crippen LogP contribution in [0.5, 0.6) is 5.75 Å². The molecule has 4 unspecified atom stereocenters. The molecule has 0 spiro atoms. The molecular formula is C34H31ClN6O5S. The van der Waals surface area contributed by atoms with Gasteiger partial charge in [-0.3, -0.25) is 14.3 Å². The highest BCUT2D eigenvalue weighted by Crippen LogP contribution is 2.62. The van der Waals surface area contributed by atoms with Crippen molar-refractivity contribution < 1.29 is 14.7 Å². The van der Waals surface area contributed by atoms with E-state index in [1.807, 2.05) is 37.3 Å². The molecule has 2 fully saturated rings. The van der Waals surface area contributed by atoms with Gasteiger partial charge in [-0.1, -0.05) is 35.9 Å². The van der Waals surface area contributed by atoms with Gasteiger partial charge < -0.3 is 5.11 Å². The van der Waals surface area contributed by atoms with Crippen molar-refractivity contribution in [1.82, 2.24) is 23.7 Å². The van der Waals surface area contributed by atoms with E-state index in [0.29, 0.717) is 27.7 Å². The predicted molar refractivity (Wildman–Crippen MR) is 179 cm³/mol. The van der Waals surface area contributed by atoms with Crippen molar-refractivity contribution in [3.05, 3.63) is 96.8 Å². The smallest absolute Gasteiger partial charge is 0.347 e. The Bertz CT molecular complexity index is 2380. The molecule has 47 heavy (non-hydrogen) atoms. The van der Waals surface area contributed by atoms with Crippen LogP contribution in [0.4, 0.5) is 5.82 Å². The van der Waals surface area contributed by atoms with Crippen LogP contribution in [-0.2, 0) is 30.2 Å². The number of aromatic nitrogens is 5. The van der Waals surface area contributed by atoms with Gasteiger partial charge in [-0.2, -0.15) is 5.10 Å². The number of aryl methyl sites for hydroxylation is 3. The molecule has 5 aromatic rings. The quantitative estimate of drug-likeness (QED) is 0.217. The Hall–Kier alpha value is -4.68. The second kappa shape index (κ2) is 9.91. The Balaban J connectivity index is 1.29. The van der Waals surface area contributed by atoms with Crippen LogP contribution in [0, 0.1) is 25.2 Å². The van der Waals surface area contributed by atoms with E-state index < -0.39 is 46.5 Å². The number of amides is 2. The summed E-state index contributed by atoms with van der Waals surface area (Å²) >= 11 is 7.84. The number of aromatic hydroxyl groups is 1. The van der Waals surface area contributed by atoms with Gasteiger partial charge >= 0.3 is 11.4 Å². The Morgan fingerprint density at radius 1 is 1.04 bits per heavy atom. The molecule has 1 saturated carbocycles. The minimum Gasteiger partial charge on any atom is -0.507 e. The van der Waals surface area contributed by atoms with Gasteiger partial charge in [0.25, 0.3) is 0 Å². The Morgan fingerprint density at radius 2 is 1.81 bits per heavy atom. The first-order chi connectivity index (χ1) is 22.3. The van der Waals surface area contributed by atoms with Crippen molar-refractivity contribution >= 4 is 50.7 Å². The fourth-order valence-electron chi connectivity index (χ4n) is 8.08. The molecule has 4 atom stereocenters. The third-order valence-corrected chi connectivity index (χ3v) is 12.1. The number of carbonyl (C=O) groups is 2. The van der Waals surface area contributed by atoms with Gasteiger partial charge in [-0.05, 0) is 67.5 Å². The first kappa shape index (κ1) is 29.7. The molecule has 1 N–H and O–H groups in total. The molecule has 0 bridgehead atoms. The summed E-state index contributed by atoms with van der Waals surface area (Å²) in [4.78, 5) is 57.9. The highest BCUT2D eigenvalue weighted by atomic mass is 35.5. The highest BCUT2D eigenvalue weighted by Gasteiger charge is 2.66. The van der Waals surface area contributed by atoms with Gasteiger partial charge in [0.15, 0.2) is 0 Å². The molecule has 11 nitrogen and oxygen atoms in total. The Morgan fingerprint density at radius 3 is 2.57 bits per heavy atom. The van der Waals surface area contributed by atoms with Crippen LogP contribution in [0.15, 0.2) is 63.7 Å². The molecule has 240 valence electrons. The maximum Gasteiger partial charge on any atom is 0.347 e. The number of halogens is 1. The molecule has 1 saturated heterocycles. The second-order valence-corrected chi connectivity index (χ2v) is 14.5. The lowest BCUT2D eigenvalue weighted by Crippen LogP contribution is -2.49. The van der Waals surface area contributed by atoms with E-state index in [9.17, 15) is 24.3 Å². The Kier molecular flexibility index (Phi) is 6.26. The number of benzene rings is 2. The molecule has 2 aromatic carbocycles. The van der Waals surface area contributed by atoms with Crippen molar-refractivity contribution in [2.75, 3.05) is 4.90 Å². The lowest BCUT2D eigenvalue weighted by atomic mass is 9.56. The van der Waals surface area contributed by atoms with Crippen LogP contribution in [0.2, 0.25) is 5.02 Å². The molecule has 3 aromatic heterocycles. The largest absolute Gasteiger partial charge is 0.507 e. The fraction of sp³-hybridized carbons (Fsp3) is 0.324. The number of fused-ring (bicyclic) bond motifs is 5. The molecule has 2 aliphatic heterocycles. The third kappa shape index (κ3) is 3.82. The number of anilines is 1. The Labute approximate surface area is 277 Å². The van der Waals surface area contributed by atoms with Gasteiger partial charge in [0.05, 0.1) is 28.8 Å². The zero-order valence-electron chi connectivity index (χ0n) is 26.3. The summed E-state index contributed by atoms with van der Waals surface area (Å²) in [5.41, 5.74) is 1.23. The number of rotatable bonds is 3. The number of nitrogens with zero attached hydrogens (tertiary/aromatic N) is 6. The van der Waals surface area contributed by atoms with E-state index in [-0.39, 0.29) is 18.7 Å². The summed E-state index contributed by atoms with van der Waals surface area (Å²) in [6.45, 7) is 5.69. The van der Waals surface area contributed by atoms with Gasteiger partial charge in [0.2, 0.25) is 11.8 Å². The average Bonchev–Trinajstić information content (AvgIpc) is 3.70. The van der Waals surface area contributed by atoms with E-state index in [0.717, 1.165) is 30.7 Å². The number of carbonyl (C=O) groups excluding carboxylic acids is 2. The van der Waals surface area contributed by atoms with Gasteiger partial charge in [0, 0.05) is 41.4 Å². The topological polar surface area (TPSA) is 124 Å². The summed E-state index contributed by atoms with van der Waals surface area (Å²) < 4.78 is 6.44. The van der Waals surface area contributed by atoms with Gasteiger partial charge in [0.1, 0.15) is 17.3 Å². The second-order valence-electron chi connectivity index (χ2n) is 13.0. The minimum atomic E-state index is -1.31. The summed E-state index contributed by atoms with van der Waals surface area (Å²) in [6.07, 6.45) is 2.01. The molecule has 3 aliphatic rings. The van der Waals surface area contributed by atoms with Gasteiger partial charge in [-0.25, -0.2) is 28.4 Å². The molecule has 8 rings (SSSR count). The van der Waals surface area contributed by atoms with Crippen molar-refractivity contribution in [3.63, 3.8) is 0 Å². The van der Waals surface area contributed by atoms with Crippen LogP contribution < -0.4 is 16.3 Å². The number of hydrogen-bond donors (Lipinski definition) is 1. The standard InChI is InChI=1S/C34H31ClN6O5S/c1-16-7-6-8-20(28(16)42)27-19-11-12-39-32(45)37(4)33(46)41(39)24(19)14-22-30(43)40(31(44)34(22,27)3)26-15-23(36-38(26)5)29-17(2)21-13-18(35)9-10-25(21)47-29/h6-11,13,15,22,24,27,42H,12,14H2,1-5H3. The van der Waals surface area contributed by atoms with Crippen molar-refractivity contribution in [3.8, 4) is 16.3 Å². The zero-order valence-corrected chi connectivity index (χ0v) is 27.9. The zero-order chi connectivity index (χ0) is 33.3. The van der Waals surface area contributed by atoms with Crippen molar-refractivity contribution in [1.29, 1.82) is 0 Å². The van der Waals surface area contributed by atoms with Crippen LogP contribution >= 0.6 is 22.9 Å². The maximum atomic E-state index is 14.9. The van der Waals surface area contributed by atoms with Crippen LogP contribution in [0.25, 0.3) is 20.7 Å². The summed E-state index contributed by atoms with van der Waals surface area (Å²) in [7, 11) is 3.13. The van der Waals surface area contributed by atoms with Crippen LogP contribution in [-0.4, -0.2) is 40.6 Å². The summed E-state index contributed by atoms with van der Waals surface area (Å²) in [5, 5.41) is 17.8. The van der Waals surface area contributed by atoms with Crippen molar-refractivity contribution in [2.45, 2.75) is 45.7 Å². The van der Waals surface area contributed by atoms with E-state index >= 15 is 0 Å². The molecule has 13 heteroatoms. The van der Waals surface area contributed by atoms with E-state index in [1.165, 1.54) is 21.3 Å². The molecule has 1 aliphatic carbocycles. The number of hydrogen-bond acceptors (Lipinski definition) is 7. The van der Waals surface area contributed by atoms with E-state index in [2.05, 4.69) is 0 Å². The lowest BCUT2D eigenvalue weighted by molar-refractivity contribution is -0.129. The first-order valence-corrected chi connectivity index (χ1v) is 16.5. The van der Waals surface area contributed by atoms with Gasteiger partial charge in [-0.15, -0.1) is 11.3 Å². The number of para-hydroxylation sites is 1. The number of phenolic OH excluding ortho intramolecular Hbond substituents is 1. The minimum absolute atomic E-state index is 0.0317. The summed E-state index contributed by atoms with van der Waals surface area (Å²) in [6, 6.07) is 12.2. The molecule has 2 amide bonds. The van der Waals surface area contributed by atoms with Crippen LogP contribution in [0.3, 0.4) is 0 Å². The predicted octanol–water partition coefficient (Wildman–Crippen LogP) is 4.80. The van der Waals surface area contributed by atoms with Crippen molar-refractivity contribution in [2.24, 2.45) is 25.4 Å². The number of thiophene rings is 1. The number of imide groups is 1. The molecule has 0 radical (unpaired) electrons. The number of phenols is 1. The van der Waals surface area contributed by atoms with E-state index in [4.69, 9.17) is 16.7 Å².